The van der Waals surface area contributed by atoms with Gasteiger partial charge in [0.05, 0.1) is 17.7 Å². The molecule has 3 nitrogen and oxygen atoms in total. The number of rotatable bonds is 5. The van der Waals surface area contributed by atoms with Crippen molar-refractivity contribution in [2.45, 2.75) is 31.8 Å². The van der Waals surface area contributed by atoms with Crippen LogP contribution in [0.5, 0.6) is 5.75 Å². The quantitative estimate of drug-likeness (QED) is 0.649. The van der Waals surface area contributed by atoms with Crippen molar-refractivity contribution in [3.63, 3.8) is 0 Å². The normalized spacial score (nSPS) is 19.5. The van der Waals surface area contributed by atoms with Crippen molar-refractivity contribution in [3.05, 3.63) is 23.2 Å². The van der Waals surface area contributed by atoms with Gasteiger partial charge in [0, 0.05) is 18.4 Å². The van der Waals surface area contributed by atoms with E-state index in [4.69, 9.17) is 26.8 Å². The smallest absolute Gasteiger partial charge is 0.139 e. The van der Waals surface area contributed by atoms with Gasteiger partial charge in [-0.05, 0) is 37.8 Å². The molecular formula is C13H18ClNO2. The van der Waals surface area contributed by atoms with E-state index in [1.165, 1.54) is 12.8 Å². The molecule has 0 spiro atoms. The van der Waals surface area contributed by atoms with Gasteiger partial charge in [-0.2, -0.15) is 0 Å². The molecule has 1 heterocycles. The zero-order valence-corrected chi connectivity index (χ0v) is 10.6. The third kappa shape index (κ3) is 3.79. The van der Waals surface area contributed by atoms with E-state index in [1.54, 1.807) is 18.2 Å². The summed E-state index contributed by atoms with van der Waals surface area (Å²) >= 11 is 6.00. The minimum absolute atomic E-state index is 0.426. The average Bonchev–Trinajstić information content (AvgIpc) is 2.82. The number of nitrogens with two attached hydrogens (primary N) is 1. The predicted octanol–water partition coefficient (Wildman–Crippen LogP) is 3.26. The first-order chi connectivity index (χ1) is 8.25. The van der Waals surface area contributed by atoms with Gasteiger partial charge in [0.2, 0.25) is 0 Å². The van der Waals surface area contributed by atoms with Gasteiger partial charge in [-0.25, -0.2) is 0 Å². The molecule has 0 aliphatic carbocycles. The lowest BCUT2D eigenvalue weighted by Gasteiger charge is -2.11. The Bertz CT molecular complexity index is 364. The number of hydrogen-bond donors (Lipinski definition) is 1. The van der Waals surface area contributed by atoms with E-state index < -0.39 is 0 Å². The molecule has 1 fully saturated rings. The number of halogens is 1. The van der Waals surface area contributed by atoms with Crippen LogP contribution in [0.3, 0.4) is 0 Å². The van der Waals surface area contributed by atoms with Crippen molar-refractivity contribution < 1.29 is 9.47 Å². The van der Waals surface area contributed by atoms with Crippen LogP contribution in [0.1, 0.15) is 25.7 Å². The highest BCUT2D eigenvalue weighted by atomic mass is 35.5. The maximum Gasteiger partial charge on any atom is 0.139 e. The topological polar surface area (TPSA) is 44.5 Å². The summed E-state index contributed by atoms with van der Waals surface area (Å²) in [6.45, 7) is 1.57. The molecule has 0 amide bonds. The highest BCUT2D eigenvalue weighted by Crippen LogP contribution is 2.27. The first-order valence-electron chi connectivity index (χ1n) is 6.05. The van der Waals surface area contributed by atoms with Crippen LogP contribution in [0, 0.1) is 0 Å². The van der Waals surface area contributed by atoms with E-state index in [2.05, 4.69) is 0 Å². The molecule has 0 radical (unpaired) electrons. The molecular weight excluding hydrogens is 238 g/mol. The van der Waals surface area contributed by atoms with Crippen molar-refractivity contribution in [3.8, 4) is 5.75 Å². The van der Waals surface area contributed by atoms with Crippen molar-refractivity contribution in [2.75, 3.05) is 18.9 Å². The zero-order chi connectivity index (χ0) is 12.1. The number of nitrogen functional groups attached to an aromatic ring is 1. The van der Waals surface area contributed by atoms with E-state index in [-0.39, 0.29) is 0 Å². The highest BCUT2D eigenvalue weighted by molar-refractivity contribution is 6.32. The SMILES string of the molecule is Nc1ccc(Cl)c(OCCCC2CCCO2)c1. The van der Waals surface area contributed by atoms with Gasteiger partial charge in [-0.3, -0.25) is 0 Å². The Morgan fingerprint density at radius 1 is 1.47 bits per heavy atom. The van der Waals surface area contributed by atoms with Crippen LogP contribution < -0.4 is 10.5 Å². The third-order valence-electron chi connectivity index (χ3n) is 2.91. The van der Waals surface area contributed by atoms with E-state index in [1.807, 2.05) is 0 Å². The van der Waals surface area contributed by atoms with Crippen LogP contribution in [0.4, 0.5) is 5.69 Å². The third-order valence-corrected chi connectivity index (χ3v) is 3.22. The number of ether oxygens (including phenoxy) is 2. The van der Waals surface area contributed by atoms with Gasteiger partial charge >= 0.3 is 0 Å². The van der Waals surface area contributed by atoms with E-state index in [9.17, 15) is 0 Å². The summed E-state index contributed by atoms with van der Waals surface area (Å²) in [4.78, 5) is 0. The van der Waals surface area contributed by atoms with Gasteiger partial charge in [0.1, 0.15) is 5.75 Å². The van der Waals surface area contributed by atoms with Crippen LogP contribution in [-0.2, 0) is 4.74 Å². The predicted molar refractivity (Wildman–Crippen MR) is 69.6 cm³/mol. The van der Waals surface area contributed by atoms with Crippen molar-refractivity contribution in [2.24, 2.45) is 0 Å². The van der Waals surface area contributed by atoms with Crippen LogP contribution >= 0.6 is 11.6 Å². The van der Waals surface area contributed by atoms with Gasteiger partial charge in [0.15, 0.2) is 0 Å². The van der Waals surface area contributed by atoms with Gasteiger partial charge < -0.3 is 15.2 Å². The summed E-state index contributed by atoms with van der Waals surface area (Å²) in [7, 11) is 0. The maximum absolute atomic E-state index is 6.00. The van der Waals surface area contributed by atoms with Gasteiger partial charge in [-0.15, -0.1) is 0 Å². The Hall–Kier alpha value is -0.930. The summed E-state index contributed by atoms with van der Waals surface area (Å²) < 4.78 is 11.2. The number of hydrogen-bond acceptors (Lipinski definition) is 3. The molecule has 1 unspecified atom stereocenters. The molecule has 1 aliphatic rings. The molecule has 0 aromatic heterocycles. The van der Waals surface area contributed by atoms with E-state index in [0.29, 0.717) is 29.2 Å². The summed E-state index contributed by atoms with van der Waals surface area (Å²) in [6, 6.07) is 5.28. The monoisotopic (exact) mass is 255 g/mol. The molecule has 17 heavy (non-hydrogen) atoms. The fourth-order valence-electron chi connectivity index (χ4n) is 2.00. The minimum Gasteiger partial charge on any atom is -0.492 e. The van der Waals surface area contributed by atoms with E-state index in [0.717, 1.165) is 19.4 Å². The lowest BCUT2D eigenvalue weighted by atomic mass is 10.1. The van der Waals surface area contributed by atoms with Crippen molar-refractivity contribution in [1.29, 1.82) is 0 Å². The molecule has 94 valence electrons. The molecule has 0 bridgehead atoms. The summed E-state index contributed by atoms with van der Waals surface area (Å²) in [5.41, 5.74) is 6.34. The Morgan fingerprint density at radius 2 is 2.35 bits per heavy atom. The molecule has 1 aromatic carbocycles. The Balaban J connectivity index is 1.72. The number of benzene rings is 1. The summed E-state index contributed by atoms with van der Waals surface area (Å²) in [6.07, 6.45) is 4.83. The second-order valence-electron chi connectivity index (χ2n) is 4.32. The molecule has 1 aromatic rings. The standard InChI is InChI=1S/C13H18ClNO2/c14-12-6-5-10(15)9-13(12)17-8-2-4-11-3-1-7-16-11/h5-6,9,11H,1-4,7-8,15H2. The Morgan fingerprint density at radius 3 is 3.12 bits per heavy atom. The van der Waals surface area contributed by atoms with Crippen LogP contribution in [0.25, 0.3) is 0 Å². The van der Waals surface area contributed by atoms with Gasteiger partial charge in [0.25, 0.3) is 0 Å². The fourth-order valence-corrected chi connectivity index (χ4v) is 2.17. The van der Waals surface area contributed by atoms with E-state index >= 15 is 0 Å². The molecule has 1 atom stereocenters. The highest BCUT2D eigenvalue weighted by Gasteiger charge is 2.14. The summed E-state index contributed by atoms with van der Waals surface area (Å²) in [5, 5.41) is 0.608. The second-order valence-corrected chi connectivity index (χ2v) is 4.72. The largest absolute Gasteiger partial charge is 0.492 e. The lowest BCUT2D eigenvalue weighted by molar-refractivity contribution is 0.0981. The molecule has 0 saturated carbocycles. The van der Waals surface area contributed by atoms with Gasteiger partial charge in [-0.1, -0.05) is 11.6 Å². The average molecular weight is 256 g/mol. The van der Waals surface area contributed by atoms with Crippen molar-refractivity contribution >= 4 is 17.3 Å². The van der Waals surface area contributed by atoms with Crippen LogP contribution in [0.15, 0.2) is 18.2 Å². The molecule has 1 aliphatic heterocycles. The molecule has 2 N–H and O–H groups in total. The first-order valence-corrected chi connectivity index (χ1v) is 6.43. The van der Waals surface area contributed by atoms with Crippen LogP contribution in [-0.4, -0.2) is 19.3 Å². The molecule has 4 heteroatoms. The Labute approximate surface area is 107 Å². The zero-order valence-electron chi connectivity index (χ0n) is 9.82. The Kier molecular flexibility index (Phi) is 4.51. The lowest BCUT2D eigenvalue weighted by Crippen LogP contribution is -2.07. The summed E-state index contributed by atoms with van der Waals surface area (Å²) in [5.74, 6) is 0.666. The van der Waals surface area contributed by atoms with Crippen LogP contribution in [0.2, 0.25) is 5.02 Å². The second kappa shape index (κ2) is 6.12. The van der Waals surface area contributed by atoms with Crippen molar-refractivity contribution in [1.82, 2.24) is 0 Å². The molecule has 1 saturated heterocycles. The fraction of sp³-hybridized carbons (Fsp3) is 0.538. The first kappa shape index (κ1) is 12.5. The number of anilines is 1. The minimum atomic E-state index is 0.426. The molecule has 2 rings (SSSR count). The maximum atomic E-state index is 6.00.